The molecule has 3 heteroatoms. The van der Waals surface area contributed by atoms with E-state index in [4.69, 9.17) is 15.0 Å². The molecule has 0 bridgehead atoms. The number of benzene rings is 1. The monoisotopic (exact) mass is 180 g/mol. The van der Waals surface area contributed by atoms with E-state index >= 15 is 0 Å². The van der Waals surface area contributed by atoms with Gasteiger partial charge >= 0.3 is 6.16 Å². The van der Waals surface area contributed by atoms with Crippen molar-refractivity contribution < 1.29 is 15.0 Å². The zero-order chi connectivity index (χ0) is 10.3. The molecule has 0 atom stereocenters. The Bertz CT molecular complexity index is 273. The standard InChI is InChI=1S/C9H10.CH2O3/c1-8(2)9-6-4-3-5-7-9;2-1(3)4/h3-7H,1H2,2H3;(H2,2,3,4). The first-order chi connectivity index (χ1) is 6.04. The molecule has 0 aliphatic rings. The Morgan fingerprint density at radius 3 is 1.85 bits per heavy atom. The van der Waals surface area contributed by atoms with Gasteiger partial charge in [0.05, 0.1) is 0 Å². The number of carbonyl (C=O) groups is 1. The van der Waals surface area contributed by atoms with Crippen molar-refractivity contribution in [2.45, 2.75) is 6.92 Å². The lowest BCUT2D eigenvalue weighted by Gasteiger charge is -1.94. The van der Waals surface area contributed by atoms with Crippen LogP contribution in [0.5, 0.6) is 0 Å². The van der Waals surface area contributed by atoms with Crippen LogP contribution in [-0.2, 0) is 0 Å². The van der Waals surface area contributed by atoms with Crippen LogP contribution < -0.4 is 0 Å². The van der Waals surface area contributed by atoms with Crippen molar-refractivity contribution in [2.75, 3.05) is 0 Å². The number of hydrogen-bond acceptors (Lipinski definition) is 1. The molecule has 0 heterocycles. The molecule has 0 radical (unpaired) electrons. The minimum Gasteiger partial charge on any atom is -0.450 e. The zero-order valence-corrected chi connectivity index (χ0v) is 7.40. The topological polar surface area (TPSA) is 57.5 Å². The van der Waals surface area contributed by atoms with Crippen molar-refractivity contribution >= 4 is 11.7 Å². The van der Waals surface area contributed by atoms with Gasteiger partial charge in [-0.2, -0.15) is 0 Å². The van der Waals surface area contributed by atoms with Gasteiger partial charge in [-0.25, -0.2) is 4.79 Å². The van der Waals surface area contributed by atoms with Crippen molar-refractivity contribution in [3.8, 4) is 0 Å². The maximum Gasteiger partial charge on any atom is 0.503 e. The second-order valence-corrected chi connectivity index (χ2v) is 2.43. The number of allylic oxidation sites excluding steroid dienone is 1. The summed E-state index contributed by atoms with van der Waals surface area (Å²) in [4.78, 5) is 8.56. The van der Waals surface area contributed by atoms with E-state index in [0.29, 0.717) is 0 Å². The van der Waals surface area contributed by atoms with E-state index in [1.807, 2.05) is 25.1 Å². The second kappa shape index (κ2) is 5.83. The van der Waals surface area contributed by atoms with Crippen molar-refractivity contribution in [2.24, 2.45) is 0 Å². The molecule has 0 saturated carbocycles. The maximum atomic E-state index is 8.56. The Kier molecular flexibility index (Phi) is 5.03. The molecule has 0 aliphatic heterocycles. The van der Waals surface area contributed by atoms with E-state index < -0.39 is 6.16 Å². The maximum absolute atomic E-state index is 8.56. The van der Waals surface area contributed by atoms with Crippen LogP contribution >= 0.6 is 0 Å². The summed E-state index contributed by atoms with van der Waals surface area (Å²) < 4.78 is 0. The Balaban J connectivity index is 0.000000310. The lowest BCUT2D eigenvalue weighted by Crippen LogP contribution is -1.81. The largest absolute Gasteiger partial charge is 0.503 e. The molecule has 0 fully saturated rings. The summed E-state index contributed by atoms with van der Waals surface area (Å²) >= 11 is 0. The highest BCUT2D eigenvalue weighted by molar-refractivity contribution is 5.60. The first-order valence-corrected chi connectivity index (χ1v) is 3.67. The molecule has 3 nitrogen and oxygen atoms in total. The fraction of sp³-hybridized carbons (Fsp3) is 0.100. The van der Waals surface area contributed by atoms with Gasteiger partial charge in [0.2, 0.25) is 0 Å². The van der Waals surface area contributed by atoms with Crippen molar-refractivity contribution in [3.05, 3.63) is 42.5 Å². The van der Waals surface area contributed by atoms with Gasteiger partial charge in [0, 0.05) is 0 Å². The smallest absolute Gasteiger partial charge is 0.450 e. The lowest BCUT2D eigenvalue weighted by molar-refractivity contribution is 0.137. The third-order valence-electron chi connectivity index (χ3n) is 1.27. The molecule has 1 aromatic rings. The van der Waals surface area contributed by atoms with Crippen LogP contribution in [0.2, 0.25) is 0 Å². The van der Waals surface area contributed by atoms with Gasteiger partial charge in [-0.1, -0.05) is 42.5 Å². The molecule has 70 valence electrons. The molecule has 0 amide bonds. The Hall–Kier alpha value is -1.77. The Morgan fingerprint density at radius 2 is 1.62 bits per heavy atom. The van der Waals surface area contributed by atoms with E-state index in [9.17, 15) is 0 Å². The van der Waals surface area contributed by atoms with Gasteiger partial charge < -0.3 is 10.2 Å². The first-order valence-electron chi connectivity index (χ1n) is 3.67. The van der Waals surface area contributed by atoms with Crippen LogP contribution in [0.4, 0.5) is 4.79 Å². The summed E-state index contributed by atoms with van der Waals surface area (Å²) in [6.45, 7) is 5.83. The van der Waals surface area contributed by atoms with E-state index in [-0.39, 0.29) is 0 Å². The molecule has 0 aliphatic carbocycles. The van der Waals surface area contributed by atoms with Gasteiger partial charge in [-0.05, 0) is 12.5 Å². The fourth-order valence-corrected chi connectivity index (χ4v) is 0.723. The van der Waals surface area contributed by atoms with E-state index in [0.717, 1.165) is 5.57 Å². The zero-order valence-electron chi connectivity index (χ0n) is 7.40. The lowest BCUT2D eigenvalue weighted by atomic mass is 10.1. The van der Waals surface area contributed by atoms with E-state index in [1.165, 1.54) is 5.56 Å². The van der Waals surface area contributed by atoms with Crippen molar-refractivity contribution in [3.63, 3.8) is 0 Å². The minimum absolute atomic E-state index is 1.12. The van der Waals surface area contributed by atoms with E-state index in [2.05, 4.69) is 18.7 Å². The highest BCUT2D eigenvalue weighted by atomic mass is 16.6. The Morgan fingerprint density at radius 1 is 1.23 bits per heavy atom. The van der Waals surface area contributed by atoms with Gasteiger partial charge in [0.15, 0.2) is 0 Å². The van der Waals surface area contributed by atoms with Crippen LogP contribution in [0.15, 0.2) is 36.9 Å². The van der Waals surface area contributed by atoms with E-state index in [1.54, 1.807) is 0 Å². The predicted molar refractivity (Wildman–Crippen MR) is 51.8 cm³/mol. The molecule has 0 aromatic heterocycles. The third kappa shape index (κ3) is 6.62. The summed E-state index contributed by atoms with van der Waals surface area (Å²) in [5.74, 6) is 0. The summed E-state index contributed by atoms with van der Waals surface area (Å²) in [6.07, 6.45) is -1.83. The highest BCUT2D eigenvalue weighted by Crippen LogP contribution is 2.08. The molecule has 0 spiro atoms. The summed E-state index contributed by atoms with van der Waals surface area (Å²) in [7, 11) is 0. The van der Waals surface area contributed by atoms with Crippen LogP contribution in [0, 0.1) is 0 Å². The molecule has 0 unspecified atom stereocenters. The summed E-state index contributed by atoms with van der Waals surface area (Å²) in [5, 5.41) is 13.9. The molecule has 2 N–H and O–H groups in total. The molecule has 1 rings (SSSR count). The minimum atomic E-state index is -1.83. The normalized spacial score (nSPS) is 8.08. The van der Waals surface area contributed by atoms with Gasteiger partial charge in [-0.3, -0.25) is 0 Å². The van der Waals surface area contributed by atoms with Crippen molar-refractivity contribution in [1.29, 1.82) is 0 Å². The van der Waals surface area contributed by atoms with Crippen molar-refractivity contribution in [1.82, 2.24) is 0 Å². The van der Waals surface area contributed by atoms with Crippen LogP contribution in [0.3, 0.4) is 0 Å². The summed E-state index contributed by atoms with van der Waals surface area (Å²) in [6, 6.07) is 10.2. The fourth-order valence-electron chi connectivity index (χ4n) is 0.723. The second-order valence-electron chi connectivity index (χ2n) is 2.43. The quantitative estimate of drug-likeness (QED) is 0.698. The van der Waals surface area contributed by atoms with Gasteiger partial charge in [0.1, 0.15) is 0 Å². The van der Waals surface area contributed by atoms with Crippen LogP contribution in [0.25, 0.3) is 5.57 Å². The highest BCUT2D eigenvalue weighted by Gasteiger charge is 1.86. The average molecular weight is 180 g/mol. The first kappa shape index (κ1) is 11.2. The van der Waals surface area contributed by atoms with Gasteiger partial charge in [-0.15, -0.1) is 0 Å². The Labute approximate surface area is 77.0 Å². The number of hydrogen-bond donors (Lipinski definition) is 2. The third-order valence-corrected chi connectivity index (χ3v) is 1.27. The molecular weight excluding hydrogens is 168 g/mol. The molecule has 13 heavy (non-hydrogen) atoms. The summed E-state index contributed by atoms with van der Waals surface area (Å²) in [5.41, 5.74) is 2.34. The van der Waals surface area contributed by atoms with Gasteiger partial charge in [0.25, 0.3) is 0 Å². The SMILES string of the molecule is C=C(C)c1ccccc1.O=C(O)O. The predicted octanol–water partition coefficient (Wildman–Crippen LogP) is 2.94. The number of carboxylic acid groups (broad SMARTS) is 2. The molecule has 1 aromatic carbocycles. The molecular formula is C10H12O3. The molecule has 0 saturated heterocycles. The average Bonchev–Trinajstić information content (AvgIpc) is 2.05. The van der Waals surface area contributed by atoms with Crippen LogP contribution in [-0.4, -0.2) is 16.4 Å². The number of rotatable bonds is 1. The van der Waals surface area contributed by atoms with Crippen LogP contribution in [0.1, 0.15) is 12.5 Å².